The lowest BCUT2D eigenvalue weighted by Gasteiger charge is -2.23. The number of ketones is 2. The van der Waals surface area contributed by atoms with Crippen molar-refractivity contribution in [2.24, 2.45) is 0 Å². The molecular weight excluding hydrogens is 488 g/mol. The Labute approximate surface area is 210 Å². The maximum atomic E-state index is 13.3. The molecule has 1 saturated heterocycles. The van der Waals surface area contributed by atoms with Crippen LogP contribution in [0.2, 0.25) is 5.02 Å². The molecule has 1 aromatic heterocycles. The highest BCUT2D eigenvalue weighted by Crippen LogP contribution is 2.44. The number of Topliss-reactive ketones (excluding diaryl/α,β-unsaturated/α-hetero) is 2. The molecule has 3 aromatic rings. The van der Waals surface area contributed by atoms with Crippen LogP contribution in [0.1, 0.15) is 51.9 Å². The molecule has 3 heterocycles. The molecule has 178 valence electrons. The molecule has 2 unspecified atom stereocenters. The second kappa shape index (κ2) is 8.62. The van der Waals surface area contributed by atoms with Gasteiger partial charge in [-0.3, -0.25) is 19.3 Å². The molecule has 2 aliphatic heterocycles. The third-order valence-corrected chi connectivity index (χ3v) is 7.58. The van der Waals surface area contributed by atoms with Gasteiger partial charge in [-0.15, -0.1) is 0 Å². The van der Waals surface area contributed by atoms with Crippen LogP contribution in [-0.4, -0.2) is 33.7 Å². The smallest absolute Gasteiger partial charge is 0.301 e. The van der Waals surface area contributed by atoms with Gasteiger partial charge >= 0.3 is 5.91 Å². The Morgan fingerprint density at radius 1 is 1.23 bits per heavy atom. The molecular formula is C26H21ClN2O5S. The average molecular weight is 509 g/mol. The van der Waals surface area contributed by atoms with Gasteiger partial charge in [0.15, 0.2) is 10.9 Å². The molecule has 0 spiro atoms. The molecule has 7 nitrogen and oxygen atoms in total. The number of ether oxygens (including phenoxy) is 1. The Bertz CT molecular complexity index is 1440. The minimum Gasteiger partial charge on any atom is -0.507 e. The number of nitrogens with zero attached hydrogens (tertiary/aromatic N) is 2. The predicted molar refractivity (Wildman–Crippen MR) is 133 cm³/mol. The molecule has 9 heteroatoms. The number of rotatable bonds is 4. The van der Waals surface area contributed by atoms with E-state index in [1.54, 1.807) is 49.4 Å². The van der Waals surface area contributed by atoms with Gasteiger partial charge in [-0.2, -0.15) is 0 Å². The maximum absolute atomic E-state index is 13.3. The van der Waals surface area contributed by atoms with Crippen LogP contribution in [-0.2, 0) is 16.0 Å². The number of aromatic nitrogens is 1. The zero-order valence-electron chi connectivity index (χ0n) is 19.2. The average Bonchev–Trinajstić information content (AvgIpc) is 3.45. The number of carbonyl (C=O) groups is 3. The zero-order valence-corrected chi connectivity index (χ0v) is 20.7. The first-order valence-electron chi connectivity index (χ1n) is 11.0. The molecule has 1 fully saturated rings. The fourth-order valence-electron chi connectivity index (χ4n) is 4.56. The summed E-state index contributed by atoms with van der Waals surface area (Å²) in [5, 5.41) is 12.0. The largest absolute Gasteiger partial charge is 0.507 e. The lowest BCUT2D eigenvalue weighted by molar-refractivity contribution is -0.132. The summed E-state index contributed by atoms with van der Waals surface area (Å²) in [6, 6.07) is 11.0. The van der Waals surface area contributed by atoms with Gasteiger partial charge in [0, 0.05) is 23.9 Å². The Balaban J connectivity index is 1.70. The minimum absolute atomic E-state index is 0.0167. The third-order valence-electron chi connectivity index (χ3n) is 6.09. The van der Waals surface area contributed by atoms with E-state index in [0.717, 1.165) is 22.6 Å². The van der Waals surface area contributed by atoms with E-state index >= 15 is 0 Å². The lowest BCUT2D eigenvalue weighted by Crippen LogP contribution is -2.29. The number of thiazole rings is 1. The predicted octanol–water partition coefficient (Wildman–Crippen LogP) is 5.26. The number of hydrogen-bond acceptors (Lipinski definition) is 7. The van der Waals surface area contributed by atoms with Crippen molar-refractivity contribution in [2.75, 3.05) is 4.90 Å². The number of carbonyl (C=O) groups excluding carboxylic acids is 3. The van der Waals surface area contributed by atoms with Crippen LogP contribution in [0, 0.1) is 6.92 Å². The number of halogens is 1. The molecule has 2 atom stereocenters. The summed E-state index contributed by atoms with van der Waals surface area (Å²) < 4.78 is 5.74. The van der Waals surface area contributed by atoms with E-state index in [4.69, 9.17) is 16.3 Å². The number of aliphatic hydroxyl groups excluding tert-OH is 1. The number of amides is 1. The molecule has 2 aromatic carbocycles. The quantitative estimate of drug-likeness (QED) is 0.223. The van der Waals surface area contributed by atoms with Crippen LogP contribution in [0.3, 0.4) is 0 Å². The highest BCUT2D eigenvalue weighted by molar-refractivity contribution is 7.18. The van der Waals surface area contributed by atoms with Crippen LogP contribution in [0.4, 0.5) is 5.13 Å². The van der Waals surface area contributed by atoms with Gasteiger partial charge in [0.05, 0.1) is 22.2 Å². The van der Waals surface area contributed by atoms with E-state index in [1.807, 2.05) is 6.92 Å². The van der Waals surface area contributed by atoms with E-state index in [1.165, 1.54) is 11.8 Å². The second-order valence-electron chi connectivity index (χ2n) is 8.65. The number of hydrogen-bond donors (Lipinski definition) is 1. The highest BCUT2D eigenvalue weighted by atomic mass is 35.5. The topological polar surface area (TPSA) is 96.8 Å². The maximum Gasteiger partial charge on any atom is 0.301 e. The van der Waals surface area contributed by atoms with Crippen LogP contribution in [0.15, 0.2) is 48.0 Å². The molecule has 5 rings (SSSR count). The van der Waals surface area contributed by atoms with Crippen LogP contribution in [0.25, 0.3) is 5.76 Å². The fraction of sp³-hybridized carbons (Fsp3) is 0.231. The first-order chi connectivity index (χ1) is 16.7. The number of fused-ring (bicyclic) bond motifs is 1. The van der Waals surface area contributed by atoms with Crippen LogP contribution >= 0.6 is 22.9 Å². The Kier molecular flexibility index (Phi) is 5.73. The van der Waals surface area contributed by atoms with E-state index < -0.39 is 17.7 Å². The van der Waals surface area contributed by atoms with Gasteiger partial charge < -0.3 is 9.84 Å². The van der Waals surface area contributed by atoms with Crippen molar-refractivity contribution in [3.63, 3.8) is 0 Å². The highest BCUT2D eigenvalue weighted by Gasteiger charge is 2.48. The summed E-state index contributed by atoms with van der Waals surface area (Å²) in [6.07, 6.45) is 0.692. The van der Waals surface area contributed by atoms with Crippen LogP contribution < -0.4 is 9.64 Å². The molecule has 35 heavy (non-hydrogen) atoms. The summed E-state index contributed by atoms with van der Waals surface area (Å²) in [6.45, 7) is 5.05. The van der Waals surface area contributed by atoms with Gasteiger partial charge in [-0.05, 0) is 55.3 Å². The Morgan fingerprint density at radius 3 is 2.69 bits per heavy atom. The third kappa shape index (κ3) is 3.92. The number of aliphatic hydroxyl groups is 1. The van der Waals surface area contributed by atoms with Crippen molar-refractivity contribution < 1.29 is 24.2 Å². The molecule has 0 aliphatic carbocycles. The summed E-state index contributed by atoms with van der Waals surface area (Å²) >= 11 is 7.28. The van der Waals surface area contributed by atoms with Crippen molar-refractivity contribution in [3.05, 3.63) is 80.3 Å². The SMILES string of the molecule is CC(=O)c1sc(N2C(=O)C(=O)/C(=C(/O)c3ccc4c(c3)CC(C)O4)C2c2cccc(Cl)c2)nc1C. The molecule has 0 bridgehead atoms. The van der Waals surface area contributed by atoms with E-state index in [0.29, 0.717) is 33.1 Å². The van der Waals surface area contributed by atoms with Crippen molar-refractivity contribution in [3.8, 4) is 5.75 Å². The van der Waals surface area contributed by atoms with E-state index in [2.05, 4.69) is 4.98 Å². The van der Waals surface area contributed by atoms with Gasteiger partial charge in [0.2, 0.25) is 0 Å². The molecule has 1 amide bonds. The first kappa shape index (κ1) is 23.3. The lowest BCUT2D eigenvalue weighted by atomic mass is 9.94. The summed E-state index contributed by atoms with van der Waals surface area (Å²) in [5.74, 6) is -1.42. The summed E-state index contributed by atoms with van der Waals surface area (Å²) in [5.41, 5.74) is 2.26. The number of anilines is 1. The van der Waals surface area contributed by atoms with Crippen molar-refractivity contribution >= 4 is 51.3 Å². The first-order valence-corrected chi connectivity index (χ1v) is 12.2. The Hall–Kier alpha value is -3.49. The van der Waals surface area contributed by atoms with Gasteiger partial charge in [0.1, 0.15) is 17.6 Å². The standard InChI is InChI=1S/C26H21ClN2O5S/c1-12-9-17-10-16(7-8-19(17)34-12)22(31)20-21(15-5-4-6-18(27)11-15)29(25(33)23(20)32)26-28-13(2)24(35-26)14(3)30/h4-8,10-12,21,31H,9H2,1-3H3/b22-20+. The monoisotopic (exact) mass is 508 g/mol. The van der Waals surface area contributed by atoms with Crippen molar-refractivity contribution in [1.82, 2.24) is 4.98 Å². The van der Waals surface area contributed by atoms with Gasteiger partial charge in [0.25, 0.3) is 5.78 Å². The minimum atomic E-state index is -0.970. The van der Waals surface area contributed by atoms with Crippen molar-refractivity contribution in [2.45, 2.75) is 39.3 Å². The molecule has 0 radical (unpaired) electrons. The second-order valence-corrected chi connectivity index (χ2v) is 10.1. The number of benzene rings is 2. The van der Waals surface area contributed by atoms with Gasteiger partial charge in [-0.1, -0.05) is 35.1 Å². The van der Waals surface area contributed by atoms with E-state index in [9.17, 15) is 19.5 Å². The molecule has 1 N–H and O–H groups in total. The van der Waals surface area contributed by atoms with Crippen LogP contribution in [0.5, 0.6) is 5.75 Å². The van der Waals surface area contributed by atoms with Gasteiger partial charge in [-0.25, -0.2) is 4.98 Å². The Morgan fingerprint density at radius 2 is 2.00 bits per heavy atom. The normalized spacial score (nSPS) is 20.7. The fourth-order valence-corrected chi connectivity index (χ4v) is 5.75. The summed E-state index contributed by atoms with van der Waals surface area (Å²) in [4.78, 5) is 44.7. The molecule has 0 saturated carbocycles. The van der Waals surface area contributed by atoms with E-state index in [-0.39, 0.29) is 28.4 Å². The molecule has 2 aliphatic rings. The van der Waals surface area contributed by atoms with Crippen molar-refractivity contribution in [1.29, 1.82) is 0 Å². The zero-order chi connectivity index (χ0) is 25.0. The number of aryl methyl sites for hydroxylation is 1. The summed E-state index contributed by atoms with van der Waals surface area (Å²) in [7, 11) is 0.